The molecule has 1 saturated carbocycles. The third-order valence-corrected chi connectivity index (χ3v) is 11.0. The summed E-state index contributed by atoms with van der Waals surface area (Å²) in [6, 6.07) is 21.9. The van der Waals surface area contributed by atoms with Crippen molar-refractivity contribution in [3.8, 4) is 0 Å². The van der Waals surface area contributed by atoms with Gasteiger partial charge in [-0.3, -0.25) is 0 Å². The second kappa shape index (κ2) is 8.30. The summed E-state index contributed by atoms with van der Waals surface area (Å²) in [7, 11) is -0.628. The highest BCUT2D eigenvalue weighted by Crippen LogP contribution is 2.40. The smallest absolute Gasteiger partial charge is 0.261 e. The number of rotatable bonds is 5. The first-order valence-electron chi connectivity index (χ1n) is 10.2. The summed E-state index contributed by atoms with van der Waals surface area (Å²) in [5, 5.41) is 2.74. The van der Waals surface area contributed by atoms with Gasteiger partial charge in [-0.15, -0.1) is 0 Å². The van der Waals surface area contributed by atoms with Crippen molar-refractivity contribution in [3.05, 3.63) is 60.7 Å². The van der Waals surface area contributed by atoms with Crippen molar-refractivity contribution in [2.24, 2.45) is 5.92 Å². The zero-order chi connectivity index (χ0) is 19.5. The molecule has 2 aromatic rings. The molecule has 3 atom stereocenters. The van der Waals surface area contributed by atoms with Gasteiger partial charge in [0.05, 0.1) is 6.10 Å². The Balaban J connectivity index is 2.09. The largest absolute Gasteiger partial charge is 0.404 e. The summed E-state index contributed by atoms with van der Waals surface area (Å²) in [6.07, 6.45) is 3.79. The Kier molecular flexibility index (Phi) is 6.24. The highest BCUT2D eigenvalue weighted by atomic mass is 28.4. The molecule has 2 aromatic carbocycles. The molecule has 1 fully saturated rings. The first-order valence-corrected chi connectivity index (χ1v) is 12.1. The van der Waals surface area contributed by atoms with Crippen LogP contribution < -0.4 is 10.4 Å². The minimum absolute atomic E-state index is 0.0267. The maximum atomic E-state index is 7.28. The number of hydrogen-bond donors (Lipinski definition) is 0. The van der Waals surface area contributed by atoms with Crippen LogP contribution >= 0.6 is 0 Å². The maximum Gasteiger partial charge on any atom is 0.261 e. The van der Waals surface area contributed by atoms with Crippen molar-refractivity contribution in [3.63, 3.8) is 0 Å². The van der Waals surface area contributed by atoms with Gasteiger partial charge in [0.2, 0.25) is 0 Å². The highest BCUT2D eigenvalue weighted by Gasteiger charge is 2.52. The predicted octanol–water partition coefficient (Wildman–Crippen LogP) is 4.77. The van der Waals surface area contributed by atoms with Crippen LogP contribution in [0.25, 0.3) is 0 Å². The number of hydrogen-bond acceptors (Lipinski definition) is 2. The van der Waals surface area contributed by atoms with Gasteiger partial charge in [0, 0.05) is 13.2 Å². The van der Waals surface area contributed by atoms with Crippen molar-refractivity contribution in [2.45, 2.75) is 64.2 Å². The van der Waals surface area contributed by atoms with Crippen LogP contribution in [0.3, 0.4) is 0 Å². The molecule has 146 valence electrons. The second-order valence-electron chi connectivity index (χ2n) is 9.07. The molecule has 0 heterocycles. The zero-order valence-electron chi connectivity index (χ0n) is 17.4. The second-order valence-corrected chi connectivity index (χ2v) is 13.3. The number of ether oxygens (including phenoxy) is 1. The average molecular weight is 383 g/mol. The molecule has 0 N–H and O–H groups in total. The Morgan fingerprint density at radius 3 is 1.70 bits per heavy atom. The Morgan fingerprint density at radius 1 is 0.778 bits per heavy atom. The zero-order valence-corrected chi connectivity index (χ0v) is 18.4. The molecule has 0 saturated heterocycles. The first kappa shape index (κ1) is 20.3. The van der Waals surface area contributed by atoms with E-state index in [2.05, 4.69) is 88.4 Å². The van der Waals surface area contributed by atoms with Crippen LogP contribution in [0, 0.1) is 5.92 Å². The van der Waals surface area contributed by atoms with Crippen molar-refractivity contribution in [2.75, 3.05) is 7.11 Å². The van der Waals surface area contributed by atoms with Gasteiger partial charge in [-0.05, 0) is 40.6 Å². The molecule has 2 nitrogen and oxygen atoms in total. The topological polar surface area (TPSA) is 18.5 Å². The molecule has 0 aliphatic heterocycles. The van der Waals surface area contributed by atoms with Gasteiger partial charge in [0.1, 0.15) is 0 Å². The van der Waals surface area contributed by atoms with Crippen LogP contribution in [-0.4, -0.2) is 27.6 Å². The Labute approximate surface area is 166 Å². The van der Waals surface area contributed by atoms with Gasteiger partial charge in [-0.2, -0.15) is 0 Å². The summed E-state index contributed by atoms with van der Waals surface area (Å²) < 4.78 is 13.0. The normalized spacial score (nSPS) is 24.0. The van der Waals surface area contributed by atoms with Crippen molar-refractivity contribution < 1.29 is 9.16 Å². The Bertz CT molecular complexity index is 669. The molecule has 0 amide bonds. The maximum absolute atomic E-state index is 7.28. The third kappa shape index (κ3) is 4.21. The molecule has 3 unspecified atom stereocenters. The van der Waals surface area contributed by atoms with E-state index in [-0.39, 0.29) is 11.1 Å². The predicted molar refractivity (Wildman–Crippen MR) is 116 cm³/mol. The quantitative estimate of drug-likeness (QED) is 0.694. The van der Waals surface area contributed by atoms with Gasteiger partial charge >= 0.3 is 0 Å². The van der Waals surface area contributed by atoms with Crippen LogP contribution in [0.1, 0.15) is 47.0 Å². The lowest BCUT2D eigenvalue weighted by molar-refractivity contribution is -0.00120. The summed E-state index contributed by atoms with van der Waals surface area (Å²) in [4.78, 5) is 0. The fraction of sp³-hybridized carbons (Fsp3) is 0.500. The van der Waals surface area contributed by atoms with Gasteiger partial charge < -0.3 is 9.16 Å². The highest BCUT2D eigenvalue weighted by molar-refractivity contribution is 6.99. The molecule has 1 aliphatic rings. The van der Waals surface area contributed by atoms with Crippen LogP contribution in [0.2, 0.25) is 5.04 Å². The molecule has 3 rings (SSSR count). The van der Waals surface area contributed by atoms with E-state index in [9.17, 15) is 0 Å². The minimum atomic E-state index is -2.46. The summed E-state index contributed by atoms with van der Waals surface area (Å²) in [5.41, 5.74) is 0. The number of benzene rings is 2. The summed E-state index contributed by atoms with van der Waals surface area (Å²) in [5.74, 6) is 0.631. The number of methoxy groups -OCH3 is 1. The molecule has 0 bridgehead atoms. The lowest BCUT2D eigenvalue weighted by Crippen LogP contribution is -2.68. The summed E-state index contributed by atoms with van der Waals surface area (Å²) >= 11 is 0. The SMILES string of the molecule is COC1CC(C)CC(O[Si](c2ccccc2)(c2ccccc2)C(C)(C)C)C1. The lowest BCUT2D eigenvalue weighted by Gasteiger charge is -2.47. The van der Waals surface area contributed by atoms with Crippen molar-refractivity contribution in [1.82, 2.24) is 0 Å². The Hall–Kier alpha value is -1.42. The van der Waals surface area contributed by atoms with Gasteiger partial charge in [0.25, 0.3) is 8.32 Å². The molecule has 0 spiro atoms. The van der Waals surface area contributed by atoms with E-state index in [1.54, 1.807) is 0 Å². The average Bonchev–Trinajstić information content (AvgIpc) is 2.66. The molecule has 3 heteroatoms. The third-order valence-electron chi connectivity index (χ3n) is 5.95. The van der Waals surface area contributed by atoms with Crippen molar-refractivity contribution >= 4 is 18.7 Å². The lowest BCUT2D eigenvalue weighted by atomic mass is 9.87. The van der Waals surface area contributed by atoms with E-state index < -0.39 is 8.32 Å². The van der Waals surface area contributed by atoms with Crippen LogP contribution in [0.4, 0.5) is 0 Å². The molecule has 1 aliphatic carbocycles. The van der Waals surface area contributed by atoms with E-state index in [4.69, 9.17) is 9.16 Å². The Morgan fingerprint density at radius 2 is 1.26 bits per heavy atom. The fourth-order valence-electron chi connectivity index (χ4n) is 4.71. The van der Waals surface area contributed by atoms with Gasteiger partial charge in [-0.25, -0.2) is 0 Å². The van der Waals surface area contributed by atoms with Crippen LogP contribution in [0.5, 0.6) is 0 Å². The summed E-state index contributed by atoms with van der Waals surface area (Å²) in [6.45, 7) is 9.37. The van der Waals surface area contributed by atoms with E-state index in [1.807, 2.05) is 7.11 Å². The van der Waals surface area contributed by atoms with Crippen LogP contribution in [0.15, 0.2) is 60.7 Å². The van der Waals surface area contributed by atoms with E-state index in [1.165, 1.54) is 10.4 Å². The first-order chi connectivity index (χ1) is 12.9. The van der Waals surface area contributed by atoms with Gasteiger partial charge in [-0.1, -0.05) is 88.4 Å². The fourth-order valence-corrected chi connectivity index (χ4v) is 9.42. The van der Waals surface area contributed by atoms with E-state index >= 15 is 0 Å². The monoisotopic (exact) mass is 382 g/mol. The molecule has 0 radical (unpaired) electrons. The molecule has 27 heavy (non-hydrogen) atoms. The van der Waals surface area contributed by atoms with Crippen molar-refractivity contribution in [1.29, 1.82) is 0 Å². The molecular weight excluding hydrogens is 348 g/mol. The molecular formula is C24H34O2Si. The minimum Gasteiger partial charge on any atom is -0.404 e. The standard InChI is InChI=1S/C24H34O2Si/c1-19-16-20(25-5)18-21(17-19)26-27(24(2,3)4,22-12-8-6-9-13-22)23-14-10-7-11-15-23/h6-15,19-21H,16-18H2,1-5H3. The van der Waals surface area contributed by atoms with E-state index in [0.29, 0.717) is 12.0 Å². The van der Waals surface area contributed by atoms with Gasteiger partial charge in [0.15, 0.2) is 0 Å². The van der Waals surface area contributed by atoms with E-state index in [0.717, 1.165) is 19.3 Å². The molecule has 0 aromatic heterocycles. The van der Waals surface area contributed by atoms with Crippen LogP contribution in [-0.2, 0) is 9.16 Å².